The van der Waals surface area contributed by atoms with Gasteiger partial charge in [-0.3, -0.25) is 4.79 Å². The summed E-state index contributed by atoms with van der Waals surface area (Å²) in [6, 6.07) is 0. The lowest BCUT2D eigenvalue weighted by Crippen LogP contribution is -2.16. The maximum absolute atomic E-state index is 11.1. The molecule has 4 atom stereocenters. The predicted molar refractivity (Wildman–Crippen MR) is 110 cm³/mol. The van der Waals surface area contributed by atoms with E-state index in [-0.39, 0.29) is 5.97 Å². The average molecular weight is 361 g/mol. The summed E-state index contributed by atoms with van der Waals surface area (Å²) in [5.74, 6) is 5.98. The van der Waals surface area contributed by atoms with E-state index in [2.05, 4.69) is 69.3 Å². The molecular weight excluding hydrogens is 324 g/mol. The molecule has 1 fully saturated rings. The summed E-state index contributed by atoms with van der Waals surface area (Å²) >= 11 is 0. The number of hydrogen-bond acceptors (Lipinski definition) is 2. The zero-order chi connectivity index (χ0) is 18.9. The van der Waals surface area contributed by atoms with Gasteiger partial charge in [0.2, 0.25) is 0 Å². The first-order valence-corrected chi connectivity index (χ1v) is 13.1. The number of allylic oxidation sites excluding steroid dienone is 4. The van der Waals surface area contributed by atoms with Gasteiger partial charge in [0.25, 0.3) is 0 Å². The number of carbonyl (C=O) groups excluding carboxylic acids is 1. The van der Waals surface area contributed by atoms with Gasteiger partial charge in [-0.05, 0) is 42.9 Å². The lowest BCUT2D eigenvalue weighted by molar-refractivity contribution is -0.140. The van der Waals surface area contributed by atoms with Gasteiger partial charge in [0.05, 0.1) is 7.11 Å². The molecule has 0 bridgehead atoms. The second-order valence-corrected chi connectivity index (χ2v) is 13.3. The van der Waals surface area contributed by atoms with Gasteiger partial charge in [0, 0.05) is 12.8 Å². The maximum Gasteiger partial charge on any atom is 0.305 e. The quantitative estimate of drug-likeness (QED) is 0.231. The summed E-state index contributed by atoms with van der Waals surface area (Å²) in [6.07, 6.45) is 13.8. The number of rotatable bonds is 9. The Balaban J connectivity index is 2.22. The van der Waals surface area contributed by atoms with E-state index in [1.54, 1.807) is 0 Å². The molecule has 1 aliphatic rings. The smallest absolute Gasteiger partial charge is 0.305 e. The monoisotopic (exact) mass is 360 g/mol. The maximum atomic E-state index is 11.1. The van der Waals surface area contributed by atoms with E-state index in [0.717, 1.165) is 31.1 Å². The Labute approximate surface area is 156 Å². The number of ether oxygens (including phenoxy) is 1. The highest BCUT2D eigenvalue weighted by molar-refractivity contribution is 6.83. The third-order valence-electron chi connectivity index (χ3n) is 4.69. The Morgan fingerprint density at radius 1 is 1.28 bits per heavy atom. The van der Waals surface area contributed by atoms with E-state index in [9.17, 15) is 4.79 Å². The van der Waals surface area contributed by atoms with E-state index < -0.39 is 8.07 Å². The largest absolute Gasteiger partial charge is 0.469 e. The molecule has 0 N–H and O–H groups in total. The highest BCUT2D eigenvalue weighted by atomic mass is 28.3. The molecule has 0 saturated heterocycles. The van der Waals surface area contributed by atoms with Gasteiger partial charge < -0.3 is 4.74 Å². The predicted octanol–water partition coefficient (Wildman–Crippen LogP) is 5.62. The topological polar surface area (TPSA) is 26.3 Å². The van der Waals surface area contributed by atoms with Crippen LogP contribution in [0.2, 0.25) is 19.6 Å². The molecule has 0 aromatic carbocycles. The van der Waals surface area contributed by atoms with E-state index in [1.165, 1.54) is 13.5 Å². The third kappa shape index (κ3) is 10.3. The molecule has 2 nitrogen and oxygen atoms in total. The number of methoxy groups -OCH3 is 1. The van der Waals surface area contributed by atoms with Crippen LogP contribution < -0.4 is 0 Å². The fraction of sp³-hybridized carbons (Fsp3) is 0.682. The molecule has 1 saturated carbocycles. The first-order chi connectivity index (χ1) is 11.7. The lowest BCUT2D eigenvalue weighted by Gasteiger charge is -2.09. The fourth-order valence-electron chi connectivity index (χ4n) is 3.00. The number of carbonyl (C=O) groups is 1. The molecule has 0 spiro atoms. The molecule has 1 rings (SSSR count). The molecule has 0 radical (unpaired) electrons. The summed E-state index contributed by atoms with van der Waals surface area (Å²) in [4.78, 5) is 11.1. The van der Waals surface area contributed by atoms with Gasteiger partial charge in [-0.1, -0.05) is 57.8 Å². The minimum absolute atomic E-state index is 0.0896. The second-order valence-electron chi connectivity index (χ2n) is 8.51. The van der Waals surface area contributed by atoms with Crippen LogP contribution in [0.15, 0.2) is 24.3 Å². The van der Waals surface area contributed by atoms with Crippen LogP contribution in [-0.4, -0.2) is 21.2 Å². The molecule has 0 unspecified atom stereocenters. The van der Waals surface area contributed by atoms with Gasteiger partial charge in [0.15, 0.2) is 0 Å². The van der Waals surface area contributed by atoms with Crippen LogP contribution in [0.4, 0.5) is 0 Å². The molecule has 140 valence electrons. The average Bonchev–Trinajstić information content (AvgIpc) is 3.29. The van der Waals surface area contributed by atoms with Crippen LogP contribution in [0.25, 0.3) is 0 Å². The minimum atomic E-state index is -1.23. The molecule has 0 aromatic heterocycles. The SMILES string of the molecule is COC(=O)CCC[C@H](C)[C@H]1C[C@H]1/C=C/C=C/[C@H](C)CC#C[Si](C)(C)C. The van der Waals surface area contributed by atoms with Crippen molar-refractivity contribution >= 4 is 14.0 Å². The van der Waals surface area contributed by atoms with Crippen molar-refractivity contribution in [2.45, 2.75) is 65.6 Å². The highest BCUT2D eigenvalue weighted by Crippen LogP contribution is 2.46. The van der Waals surface area contributed by atoms with Gasteiger partial charge in [0.1, 0.15) is 8.07 Å². The zero-order valence-corrected chi connectivity index (χ0v) is 18.0. The van der Waals surface area contributed by atoms with E-state index in [4.69, 9.17) is 4.74 Å². The van der Waals surface area contributed by atoms with Crippen molar-refractivity contribution < 1.29 is 9.53 Å². The van der Waals surface area contributed by atoms with E-state index in [1.807, 2.05) is 0 Å². The van der Waals surface area contributed by atoms with Crippen LogP contribution in [-0.2, 0) is 9.53 Å². The van der Waals surface area contributed by atoms with Crippen molar-refractivity contribution in [3.8, 4) is 11.5 Å². The Hall–Kier alpha value is -1.27. The number of esters is 1. The van der Waals surface area contributed by atoms with Gasteiger partial charge in [-0.2, -0.15) is 0 Å². The van der Waals surface area contributed by atoms with Crippen molar-refractivity contribution in [3.63, 3.8) is 0 Å². The molecule has 3 heteroatoms. The first kappa shape index (κ1) is 21.8. The van der Waals surface area contributed by atoms with Gasteiger partial charge >= 0.3 is 5.97 Å². The molecule has 1 aliphatic carbocycles. The Morgan fingerprint density at radius 2 is 2.00 bits per heavy atom. The zero-order valence-electron chi connectivity index (χ0n) is 17.0. The van der Waals surface area contributed by atoms with Crippen molar-refractivity contribution in [1.82, 2.24) is 0 Å². The van der Waals surface area contributed by atoms with Gasteiger partial charge in [-0.15, -0.1) is 11.5 Å². The Morgan fingerprint density at radius 3 is 2.64 bits per heavy atom. The minimum Gasteiger partial charge on any atom is -0.469 e. The van der Waals surface area contributed by atoms with E-state index in [0.29, 0.717) is 18.3 Å². The van der Waals surface area contributed by atoms with Crippen LogP contribution in [0.1, 0.15) is 46.0 Å². The normalized spacial score (nSPS) is 22.5. The molecule has 0 amide bonds. The van der Waals surface area contributed by atoms with Crippen LogP contribution >= 0.6 is 0 Å². The lowest BCUT2D eigenvalue weighted by atomic mass is 9.97. The molecule has 25 heavy (non-hydrogen) atoms. The third-order valence-corrected chi connectivity index (χ3v) is 5.61. The summed E-state index contributed by atoms with van der Waals surface area (Å²) in [5, 5.41) is 0. The van der Waals surface area contributed by atoms with Crippen LogP contribution in [0.5, 0.6) is 0 Å². The Kier molecular flexibility index (Phi) is 9.28. The van der Waals surface area contributed by atoms with Crippen molar-refractivity contribution in [1.29, 1.82) is 0 Å². The number of hydrogen-bond donors (Lipinski definition) is 0. The second kappa shape index (κ2) is 10.7. The van der Waals surface area contributed by atoms with Gasteiger partial charge in [-0.25, -0.2) is 0 Å². The molecular formula is C22H36O2Si. The fourth-order valence-corrected chi connectivity index (χ4v) is 3.63. The molecule has 0 heterocycles. The van der Waals surface area contributed by atoms with E-state index >= 15 is 0 Å². The highest BCUT2D eigenvalue weighted by Gasteiger charge is 2.38. The van der Waals surface area contributed by atoms with Crippen molar-refractivity contribution in [3.05, 3.63) is 24.3 Å². The molecule has 0 aliphatic heterocycles. The Bertz CT molecular complexity index is 530. The summed E-state index contributed by atoms with van der Waals surface area (Å²) in [6.45, 7) is 11.4. The summed E-state index contributed by atoms with van der Waals surface area (Å²) in [7, 11) is 0.228. The van der Waals surface area contributed by atoms with Crippen molar-refractivity contribution in [2.24, 2.45) is 23.7 Å². The summed E-state index contributed by atoms with van der Waals surface area (Å²) < 4.78 is 4.69. The first-order valence-electron chi connectivity index (χ1n) is 9.64. The van der Waals surface area contributed by atoms with Crippen LogP contribution in [0.3, 0.4) is 0 Å². The van der Waals surface area contributed by atoms with Crippen molar-refractivity contribution in [2.75, 3.05) is 7.11 Å². The molecule has 0 aromatic rings. The standard InChI is InChI=1S/C22H36O2Si/c1-18(12-10-16-25(4,5)6)11-7-8-14-20-17-21(20)19(2)13-9-15-22(23)24-3/h7-8,11,14,18-21H,9,12-13,15,17H2,1-6H3/b11-7+,14-8+/t18-,19-,20+,21+/m0/s1. The summed E-state index contributed by atoms with van der Waals surface area (Å²) in [5.41, 5.74) is 3.43. The van der Waals surface area contributed by atoms with Crippen LogP contribution in [0, 0.1) is 35.1 Å².